The summed E-state index contributed by atoms with van der Waals surface area (Å²) in [6.45, 7) is 4.06. The van der Waals surface area contributed by atoms with Crippen LogP contribution in [-0.4, -0.2) is 35.6 Å². The molecule has 1 saturated carbocycles. The van der Waals surface area contributed by atoms with Crippen LogP contribution in [0.3, 0.4) is 0 Å². The number of hydrogen-bond donors (Lipinski definition) is 1. The fourth-order valence-corrected chi connectivity index (χ4v) is 2.63. The molecule has 0 aromatic carbocycles. The zero-order valence-corrected chi connectivity index (χ0v) is 9.48. The zero-order chi connectivity index (χ0) is 10.8. The number of rotatable bonds is 2. The molecule has 1 N–H and O–H groups in total. The summed E-state index contributed by atoms with van der Waals surface area (Å²) in [6.07, 6.45) is 4.54. The Kier molecular flexibility index (Phi) is 3.29. The average Bonchev–Trinajstić information content (AvgIpc) is 2.17. The second kappa shape index (κ2) is 4.52. The van der Waals surface area contributed by atoms with Gasteiger partial charge in [-0.1, -0.05) is 6.92 Å². The molecule has 86 valence electrons. The largest absolute Gasteiger partial charge is 0.396 e. The molecule has 1 aliphatic heterocycles. The monoisotopic (exact) mass is 211 g/mol. The van der Waals surface area contributed by atoms with Gasteiger partial charge in [-0.15, -0.1) is 0 Å². The van der Waals surface area contributed by atoms with E-state index in [1.54, 1.807) is 0 Å². The molecule has 0 spiro atoms. The Morgan fingerprint density at radius 3 is 2.40 bits per heavy atom. The van der Waals surface area contributed by atoms with Gasteiger partial charge < -0.3 is 10.0 Å². The van der Waals surface area contributed by atoms with E-state index in [1.807, 2.05) is 4.90 Å². The number of aliphatic hydroxyl groups is 1. The number of likely N-dealkylation sites (tertiary alicyclic amines) is 1. The van der Waals surface area contributed by atoms with Crippen molar-refractivity contribution < 1.29 is 9.90 Å². The van der Waals surface area contributed by atoms with Crippen LogP contribution in [0.4, 0.5) is 0 Å². The Balaban J connectivity index is 1.77. The van der Waals surface area contributed by atoms with E-state index in [1.165, 1.54) is 12.8 Å². The normalized spacial score (nSPS) is 32.5. The number of amides is 1. The van der Waals surface area contributed by atoms with Crippen molar-refractivity contribution in [1.82, 2.24) is 4.90 Å². The fraction of sp³-hybridized carbons (Fsp3) is 0.917. The average molecular weight is 211 g/mol. The van der Waals surface area contributed by atoms with Gasteiger partial charge >= 0.3 is 0 Å². The van der Waals surface area contributed by atoms with E-state index >= 15 is 0 Å². The van der Waals surface area contributed by atoms with Crippen molar-refractivity contribution >= 4 is 5.91 Å². The molecule has 3 heteroatoms. The van der Waals surface area contributed by atoms with Gasteiger partial charge in [0.2, 0.25) is 5.91 Å². The van der Waals surface area contributed by atoms with Crippen LogP contribution >= 0.6 is 0 Å². The third-order valence-corrected chi connectivity index (χ3v) is 3.89. The highest BCUT2D eigenvalue weighted by molar-refractivity contribution is 5.79. The van der Waals surface area contributed by atoms with Crippen LogP contribution < -0.4 is 0 Å². The zero-order valence-electron chi connectivity index (χ0n) is 9.48. The smallest absolute Gasteiger partial charge is 0.225 e. The van der Waals surface area contributed by atoms with Crippen molar-refractivity contribution in [3.8, 4) is 0 Å². The van der Waals surface area contributed by atoms with Gasteiger partial charge in [0, 0.05) is 31.5 Å². The Hall–Kier alpha value is -0.570. The van der Waals surface area contributed by atoms with Gasteiger partial charge in [0.25, 0.3) is 0 Å². The highest BCUT2D eigenvalue weighted by Crippen LogP contribution is 2.31. The van der Waals surface area contributed by atoms with Crippen LogP contribution in [0.2, 0.25) is 0 Å². The first-order valence-corrected chi connectivity index (χ1v) is 6.10. The van der Waals surface area contributed by atoms with E-state index in [9.17, 15) is 4.79 Å². The molecule has 0 aromatic rings. The predicted molar refractivity (Wildman–Crippen MR) is 58.3 cm³/mol. The van der Waals surface area contributed by atoms with Crippen molar-refractivity contribution in [1.29, 1.82) is 0 Å². The topological polar surface area (TPSA) is 40.5 Å². The van der Waals surface area contributed by atoms with Crippen molar-refractivity contribution in [3.05, 3.63) is 0 Å². The summed E-state index contributed by atoms with van der Waals surface area (Å²) in [4.78, 5) is 13.9. The first-order chi connectivity index (χ1) is 7.20. The van der Waals surface area contributed by atoms with Crippen LogP contribution in [0.15, 0.2) is 0 Å². The standard InChI is InChI=1S/C12H21NO2/c1-9-2-4-11(5-3-9)12(15)13-6-10(7-13)8-14/h9-11,14H,2-8H2,1H3. The molecular weight excluding hydrogens is 190 g/mol. The van der Waals surface area contributed by atoms with E-state index in [2.05, 4.69) is 6.92 Å². The number of carbonyl (C=O) groups excluding carboxylic acids is 1. The van der Waals surface area contributed by atoms with E-state index in [0.717, 1.165) is 31.8 Å². The van der Waals surface area contributed by atoms with Crippen molar-refractivity contribution in [2.45, 2.75) is 32.6 Å². The summed E-state index contributed by atoms with van der Waals surface area (Å²) < 4.78 is 0. The van der Waals surface area contributed by atoms with E-state index in [0.29, 0.717) is 11.8 Å². The van der Waals surface area contributed by atoms with Crippen LogP contribution in [0, 0.1) is 17.8 Å². The Bertz CT molecular complexity index is 228. The number of nitrogens with zero attached hydrogens (tertiary/aromatic N) is 1. The van der Waals surface area contributed by atoms with Crippen molar-refractivity contribution in [2.24, 2.45) is 17.8 Å². The molecule has 2 aliphatic rings. The first kappa shape index (κ1) is 10.9. The predicted octanol–water partition coefficient (Wildman–Crippen LogP) is 1.26. The molecule has 0 radical (unpaired) electrons. The third kappa shape index (κ3) is 2.33. The summed E-state index contributed by atoms with van der Waals surface area (Å²) in [6, 6.07) is 0. The fourth-order valence-electron chi connectivity index (χ4n) is 2.63. The number of hydrogen-bond acceptors (Lipinski definition) is 2. The minimum absolute atomic E-state index is 0.228. The maximum Gasteiger partial charge on any atom is 0.225 e. The van der Waals surface area contributed by atoms with Gasteiger partial charge in [-0.2, -0.15) is 0 Å². The molecule has 15 heavy (non-hydrogen) atoms. The molecule has 1 heterocycles. The maximum atomic E-state index is 12.0. The summed E-state index contributed by atoms with van der Waals surface area (Å²) >= 11 is 0. The minimum Gasteiger partial charge on any atom is -0.396 e. The molecule has 2 fully saturated rings. The lowest BCUT2D eigenvalue weighted by Gasteiger charge is -2.41. The van der Waals surface area contributed by atoms with E-state index < -0.39 is 0 Å². The summed E-state index contributed by atoms with van der Waals surface area (Å²) in [7, 11) is 0. The molecular formula is C12H21NO2. The minimum atomic E-state index is 0.228. The maximum absolute atomic E-state index is 12.0. The van der Waals surface area contributed by atoms with Crippen molar-refractivity contribution in [2.75, 3.05) is 19.7 Å². The third-order valence-electron chi connectivity index (χ3n) is 3.89. The van der Waals surface area contributed by atoms with Crippen LogP contribution in [0.5, 0.6) is 0 Å². The summed E-state index contributed by atoms with van der Waals surface area (Å²) in [5.41, 5.74) is 0. The Morgan fingerprint density at radius 1 is 1.27 bits per heavy atom. The van der Waals surface area contributed by atoms with Gasteiger partial charge in [-0.25, -0.2) is 0 Å². The van der Waals surface area contributed by atoms with Crippen LogP contribution in [0.1, 0.15) is 32.6 Å². The lowest BCUT2D eigenvalue weighted by atomic mass is 9.81. The number of carbonyl (C=O) groups is 1. The lowest BCUT2D eigenvalue weighted by molar-refractivity contribution is -0.144. The van der Waals surface area contributed by atoms with Crippen molar-refractivity contribution in [3.63, 3.8) is 0 Å². The molecule has 0 atom stereocenters. The van der Waals surface area contributed by atoms with Gasteiger partial charge in [-0.05, 0) is 31.6 Å². The Morgan fingerprint density at radius 2 is 1.87 bits per heavy atom. The second-order valence-electron chi connectivity index (χ2n) is 5.25. The molecule has 1 amide bonds. The van der Waals surface area contributed by atoms with Gasteiger partial charge in [0.1, 0.15) is 0 Å². The molecule has 1 saturated heterocycles. The molecule has 0 unspecified atom stereocenters. The summed E-state index contributed by atoms with van der Waals surface area (Å²) in [5, 5.41) is 8.89. The molecule has 2 rings (SSSR count). The lowest BCUT2D eigenvalue weighted by Crippen LogP contribution is -2.53. The number of aliphatic hydroxyl groups excluding tert-OH is 1. The van der Waals surface area contributed by atoms with Crippen LogP contribution in [0.25, 0.3) is 0 Å². The van der Waals surface area contributed by atoms with Crippen LogP contribution in [-0.2, 0) is 4.79 Å². The molecule has 3 nitrogen and oxygen atoms in total. The van der Waals surface area contributed by atoms with Gasteiger partial charge in [0.15, 0.2) is 0 Å². The van der Waals surface area contributed by atoms with E-state index in [4.69, 9.17) is 5.11 Å². The highest BCUT2D eigenvalue weighted by atomic mass is 16.3. The SMILES string of the molecule is CC1CCC(C(=O)N2CC(CO)C2)CC1. The summed E-state index contributed by atoms with van der Waals surface area (Å²) in [5.74, 6) is 1.76. The van der Waals surface area contributed by atoms with Gasteiger partial charge in [-0.3, -0.25) is 4.79 Å². The van der Waals surface area contributed by atoms with E-state index in [-0.39, 0.29) is 12.5 Å². The second-order valence-corrected chi connectivity index (χ2v) is 5.25. The quantitative estimate of drug-likeness (QED) is 0.747. The highest BCUT2D eigenvalue weighted by Gasteiger charge is 2.34. The molecule has 0 aromatic heterocycles. The molecule has 1 aliphatic carbocycles. The molecule has 0 bridgehead atoms. The first-order valence-electron chi connectivity index (χ1n) is 6.10. The van der Waals surface area contributed by atoms with Gasteiger partial charge in [0.05, 0.1) is 0 Å². The Labute approximate surface area is 91.5 Å².